The Hall–Kier alpha value is -1.96. The zero-order valence-electron chi connectivity index (χ0n) is 10.1. The fraction of sp³-hybridized carbons (Fsp3) is 0.200. The molecule has 0 radical (unpaired) electrons. The van der Waals surface area contributed by atoms with Crippen molar-refractivity contribution in [2.75, 3.05) is 14.2 Å². The molecule has 17 heavy (non-hydrogen) atoms. The number of rotatable bonds is 4. The van der Waals surface area contributed by atoms with Crippen LogP contribution in [0.2, 0.25) is 0 Å². The van der Waals surface area contributed by atoms with Crippen molar-refractivity contribution in [3.8, 4) is 11.5 Å². The van der Waals surface area contributed by atoms with Crippen molar-refractivity contribution in [1.29, 1.82) is 0 Å². The predicted octanol–water partition coefficient (Wildman–Crippen LogP) is 3.29. The van der Waals surface area contributed by atoms with E-state index in [1.54, 1.807) is 14.2 Å². The van der Waals surface area contributed by atoms with E-state index in [9.17, 15) is 0 Å². The van der Waals surface area contributed by atoms with E-state index in [1.807, 2.05) is 36.4 Å². The number of methoxy groups -OCH3 is 2. The summed E-state index contributed by atoms with van der Waals surface area (Å²) in [6, 6.07) is 16.2. The quantitative estimate of drug-likeness (QED) is 0.799. The van der Waals surface area contributed by atoms with Crippen LogP contribution in [0, 0.1) is 0 Å². The summed E-state index contributed by atoms with van der Waals surface area (Å²) in [4.78, 5) is 0. The zero-order chi connectivity index (χ0) is 12.1. The van der Waals surface area contributed by atoms with Gasteiger partial charge in [-0.1, -0.05) is 30.3 Å². The second kappa shape index (κ2) is 5.39. The highest BCUT2D eigenvalue weighted by molar-refractivity contribution is 5.42. The van der Waals surface area contributed by atoms with Gasteiger partial charge < -0.3 is 9.47 Å². The summed E-state index contributed by atoms with van der Waals surface area (Å²) in [6.45, 7) is 0. The Morgan fingerprint density at radius 2 is 1.65 bits per heavy atom. The summed E-state index contributed by atoms with van der Waals surface area (Å²) in [6.07, 6.45) is 0.848. The third-order valence-corrected chi connectivity index (χ3v) is 2.72. The lowest BCUT2D eigenvalue weighted by Gasteiger charge is -2.10. The SMILES string of the molecule is COc1ccc(OC)c(Cc2ccccc2)c1. The first-order valence-electron chi connectivity index (χ1n) is 5.58. The molecule has 0 bridgehead atoms. The molecular weight excluding hydrogens is 212 g/mol. The van der Waals surface area contributed by atoms with Gasteiger partial charge >= 0.3 is 0 Å². The molecule has 0 N–H and O–H groups in total. The van der Waals surface area contributed by atoms with Crippen molar-refractivity contribution in [3.05, 3.63) is 59.7 Å². The maximum atomic E-state index is 5.36. The van der Waals surface area contributed by atoms with E-state index in [0.717, 1.165) is 23.5 Å². The maximum Gasteiger partial charge on any atom is 0.122 e. The molecule has 0 aliphatic rings. The Morgan fingerprint density at radius 1 is 0.882 bits per heavy atom. The Labute approximate surface area is 102 Å². The van der Waals surface area contributed by atoms with Crippen molar-refractivity contribution < 1.29 is 9.47 Å². The molecular formula is C15H16O2. The smallest absolute Gasteiger partial charge is 0.122 e. The van der Waals surface area contributed by atoms with Gasteiger partial charge in [0, 0.05) is 12.0 Å². The largest absolute Gasteiger partial charge is 0.497 e. The van der Waals surface area contributed by atoms with Gasteiger partial charge in [-0.05, 0) is 23.8 Å². The second-order valence-corrected chi connectivity index (χ2v) is 3.84. The first kappa shape index (κ1) is 11.5. The fourth-order valence-corrected chi connectivity index (χ4v) is 1.84. The van der Waals surface area contributed by atoms with Gasteiger partial charge in [0.05, 0.1) is 14.2 Å². The molecule has 0 unspecified atom stereocenters. The monoisotopic (exact) mass is 228 g/mol. The van der Waals surface area contributed by atoms with E-state index >= 15 is 0 Å². The van der Waals surface area contributed by atoms with Crippen LogP contribution in [-0.2, 0) is 6.42 Å². The molecule has 2 aromatic rings. The van der Waals surface area contributed by atoms with Crippen LogP contribution in [0.5, 0.6) is 11.5 Å². The molecule has 0 spiro atoms. The summed E-state index contributed by atoms with van der Waals surface area (Å²) in [5.41, 5.74) is 2.40. The van der Waals surface area contributed by atoms with Gasteiger partial charge in [-0.25, -0.2) is 0 Å². The average Bonchev–Trinajstić information content (AvgIpc) is 2.40. The number of hydrogen-bond acceptors (Lipinski definition) is 2. The number of hydrogen-bond donors (Lipinski definition) is 0. The van der Waals surface area contributed by atoms with Gasteiger partial charge in [-0.15, -0.1) is 0 Å². The highest BCUT2D eigenvalue weighted by Crippen LogP contribution is 2.26. The molecule has 2 nitrogen and oxygen atoms in total. The van der Waals surface area contributed by atoms with Crippen molar-refractivity contribution in [1.82, 2.24) is 0 Å². The Kier molecular flexibility index (Phi) is 3.66. The summed E-state index contributed by atoms with van der Waals surface area (Å²) in [5, 5.41) is 0. The normalized spacial score (nSPS) is 10.0. The number of ether oxygens (including phenoxy) is 2. The molecule has 0 saturated carbocycles. The summed E-state index contributed by atoms with van der Waals surface area (Å²) in [5.74, 6) is 1.76. The standard InChI is InChI=1S/C15H16O2/c1-16-14-8-9-15(17-2)13(11-14)10-12-6-4-3-5-7-12/h3-9,11H,10H2,1-2H3. The van der Waals surface area contributed by atoms with Crippen molar-refractivity contribution >= 4 is 0 Å². The van der Waals surface area contributed by atoms with Crippen molar-refractivity contribution in [2.24, 2.45) is 0 Å². The minimum atomic E-state index is 0.848. The van der Waals surface area contributed by atoms with E-state index in [0.29, 0.717) is 0 Å². The number of benzene rings is 2. The van der Waals surface area contributed by atoms with Crippen LogP contribution in [0.3, 0.4) is 0 Å². The molecule has 0 aliphatic carbocycles. The molecule has 0 saturated heterocycles. The molecule has 0 aliphatic heterocycles. The van der Waals surface area contributed by atoms with E-state index in [2.05, 4.69) is 12.1 Å². The van der Waals surface area contributed by atoms with Gasteiger partial charge in [-0.3, -0.25) is 0 Å². The maximum absolute atomic E-state index is 5.36. The van der Waals surface area contributed by atoms with E-state index in [1.165, 1.54) is 5.56 Å². The van der Waals surface area contributed by atoms with Crippen LogP contribution >= 0.6 is 0 Å². The third-order valence-electron chi connectivity index (χ3n) is 2.72. The zero-order valence-corrected chi connectivity index (χ0v) is 10.1. The minimum absolute atomic E-state index is 0.848. The molecule has 0 aromatic heterocycles. The Morgan fingerprint density at radius 3 is 2.29 bits per heavy atom. The lowest BCUT2D eigenvalue weighted by atomic mass is 10.0. The van der Waals surface area contributed by atoms with Crippen LogP contribution in [0.4, 0.5) is 0 Å². The molecule has 2 rings (SSSR count). The average molecular weight is 228 g/mol. The lowest BCUT2D eigenvalue weighted by molar-refractivity contribution is 0.399. The van der Waals surface area contributed by atoms with Crippen LogP contribution in [0.15, 0.2) is 48.5 Å². The predicted molar refractivity (Wildman–Crippen MR) is 68.8 cm³/mol. The van der Waals surface area contributed by atoms with E-state index in [-0.39, 0.29) is 0 Å². The Bertz CT molecular complexity index is 478. The van der Waals surface area contributed by atoms with Crippen molar-refractivity contribution in [3.63, 3.8) is 0 Å². The Balaban J connectivity index is 2.30. The topological polar surface area (TPSA) is 18.5 Å². The highest BCUT2D eigenvalue weighted by atomic mass is 16.5. The van der Waals surface area contributed by atoms with Gasteiger partial charge in [0.25, 0.3) is 0 Å². The molecule has 0 amide bonds. The fourth-order valence-electron chi connectivity index (χ4n) is 1.84. The van der Waals surface area contributed by atoms with Crippen LogP contribution in [-0.4, -0.2) is 14.2 Å². The van der Waals surface area contributed by atoms with E-state index < -0.39 is 0 Å². The van der Waals surface area contributed by atoms with E-state index in [4.69, 9.17) is 9.47 Å². The summed E-state index contributed by atoms with van der Waals surface area (Å²) >= 11 is 0. The molecule has 2 heteroatoms. The van der Waals surface area contributed by atoms with Gasteiger partial charge in [0.15, 0.2) is 0 Å². The highest BCUT2D eigenvalue weighted by Gasteiger charge is 2.05. The molecule has 88 valence electrons. The summed E-state index contributed by atoms with van der Waals surface area (Å²) in [7, 11) is 3.37. The van der Waals surface area contributed by atoms with Gasteiger partial charge in [-0.2, -0.15) is 0 Å². The first-order valence-corrected chi connectivity index (χ1v) is 5.58. The lowest BCUT2D eigenvalue weighted by Crippen LogP contribution is -1.95. The third kappa shape index (κ3) is 2.78. The summed E-state index contributed by atoms with van der Waals surface area (Å²) < 4.78 is 10.6. The first-order chi connectivity index (χ1) is 8.33. The minimum Gasteiger partial charge on any atom is -0.497 e. The van der Waals surface area contributed by atoms with Crippen LogP contribution in [0.25, 0.3) is 0 Å². The molecule has 0 atom stereocenters. The molecule has 0 fully saturated rings. The van der Waals surface area contributed by atoms with Gasteiger partial charge in [0.1, 0.15) is 11.5 Å². The van der Waals surface area contributed by atoms with Crippen LogP contribution in [0.1, 0.15) is 11.1 Å². The van der Waals surface area contributed by atoms with Gasteiger partial charge in [0.2, 0.25) is 0 Å². The molecule has 2 aromatic carbocycles. The molecule has 0 heterocycles. The van der Waals surface area contributed by atoms with Crippen LogP contribution < -0.4 is 9.47 Å². The second-order valence-electron chi connectivity index (χ2n) is 3.84. The van der Waals surface area contributed by atoms with Crippen molar-refractivity contribution in [2.45, 2.75) is 6.42 Å².